The number of hydrogen-bond acceptors (Lipinski definition) is 3. The smallest absolute Gasteiger partial charge is 0.0645 e. The lowest BCUT2D eigenvalue weighted by molar-refractivity contribution is -0.00435. The molecule has 0 amide bonds. The fourth-order valence-electron chi connectivity index (χ4n) is 3.63. The molecule has 0 radical (unpaired) electrons. The normalized spacial score (nSPS) is 28.4. The van der Waals surface area contributed by atoms with Gasteiger partial charge in [-0.15, -0.1) is 0 Å². The quantitative estimate of drug-likeness (QED) is 0.936. The SMILES string of the molecule is Cc1ccc(-n2cc(CN3C[C@H]4C[C@@H](O)[C@H]4C3)cn2)cc1. The van der Waals surface area contributed by atoms with E-state index < -0.39 is 0 Å². The number of hydrogen-bond donors (Lipinski definition) is 1. The Bertz CT molecular complexity index is 634. The van der Waals surface area contributed by atoms with Gasteiger partial charge < -0.3 is 5.11 Å². The van der Waals surface area contributed by atoms with Crippen molar-refractivity contribution < 1.29 is 5.11 Å². The van der Waals surface area contributed by atoms with Gasteiger partial charge in [0.1, 0.15) is 0 Å². The van der Waals surface area contributed by atoms with Gasteiger partial charge in [-0.25, -0.2) is 4.68 Å². The zero-order valence-corrected chi connectivity index (χ0v) is 12.3. The van der Waals surface area contributed by atoms with Crippen molar-refractivity contribution in [2.45, 2.75) is 26.0 Å². The van der Waals surface area contributed by atoms with E-state index >= 15 is 0 Å². The molecule has 4 nitrogen and oxygen atoms in total. The number of aliphatic hydroxyl groups excluding tert-OH is 1. The molecule has 1 saturated heterocycles. The Hall–Kier alpha value is -1.65. The molecule has 1 aromatic heterocycles. The molecule has 2 aromatic rings. The van der Waals surface area contributed by atoms with Crippen molar-refractivity contribution in [3.63, 3.8) is 0 Å². The van der Waals surface area contributed by atoms with Gasteiger partial charge in [0.25, 0.3) is 0 Å². The van der Waals surface area contributed by atoms with Crippen LogP contribution in [0.25, 0.3) is 5.69 Å². The molecule has 2 aliphatic rings. The number of aliphatic hydroxyl groups is 1. The molecule has 1 aliphatic heterocycles. The van der Waals surface area contributed by atoms with Gasteiger partial charge in [-0.05, 0) is 31.4 Å². The Labute approximate surface area is 125 Å². The lowest BCUT2D eigenvalue weighted by atomic mass is 9.74. The number of rotatable bonds is 3. The molecule has 3 atom stereocenters. The first-order valence-electron chi connectivity index (χ1n) is 7.70. The van der Waals surface area contributed by atoms with Gasteiger partial charge in [0.2, 0.25) is 0 Å². The molecule has 4 heteroatoms. The van der Waals surface area contributed by atoms with Crippen LogP contribution in [0.4, 0.5) is 0 Å². The minimum atomic E-state index is -0.0599. The lowest BCUT2D eigenvalue weighted by Crippen LogP contribution is -2.39. The molecule has 2 heterocycles. The molecule has 0 unspecified atom stereocenters. The lowest BCUT2D eigenvalue weighted by Gasteiger charge is -2.35. The van der Waals surface area contributed by atoms with Crippen molar-refractivity contribution in [1.29, 1.82) is 0 Å². The van der Waals surface area contributed by atoms with Gasteiger partial charge in [-0.1, -0.05) is 17.7 Å². The molecule has 2 fully saturated rings. The highest BCUT2D eigenvalue weighted by atomic mass is 16.3. The van der Waals surface area contributed by atoms with Crippen molar-refractivity contribution in [2.75, 3.05) is 13.1 Å². The Morgan fingerprint density at radius 3 is 2.76 bits per heavy atom. The van der Waals surface area contributed by atoms with Crippen molar-refractivity contribution in [2.24, 2.45) is 11.8 Å². The third-order valence-corrected chi connectivity index (χ3v) is 4.95. The first-order chi connectivity index (χ1) is 10.2. The molecular weight excluding hydrogens is 262 g/mol. The summed E-state index contributed by atoms with van der Waals surface area (Å²) < 4.78 is 1.94. The van der Waals surface area contributed by atoms with E-state index in [9.17, 15) is 5.11 Å². The predicted molar refractivity (Wildman–Crippen MR) is 81.2 cm³/mol. The van der Waals surface area contributed by atoms with E-state index in [2.05, 4.69) is 47.4 Å². The van der Waals surface area contributed by atoms with E-state index in [1.54, 1.807) is 0 Å². The maximum atomic E-state index is 9.73. The standard InChI is InChI=1S/C17H21N3O/c1-12-2-4-15(5-3-12)20-9-13(7-18-20)8-19-10-14-6-17(21)16(14)11-19/h2-5,7,9,14,16-17,21H,6,8,10-11H2,1H3/t14-,16+,17-/m1/s1. The number of nitrogens with zero attached hydrogens (tertiary/aromatic N) is 3. The molecule has 1 saturated carbocycles. The van der Waals surface area contributed by atoms with Crippen LogP contribution in [0.5, 0.6) is 0 Å². The van der Waals surface area contributed by atoms with Gasteiger partial charge in [-0.2, -0.15) is 5.10 Å². The Morgan fingerprint density at radius 2 is 2.05 bits per heavy atom. The maximum absolute atomic E-state index is 9.73. The summed E-state index contributed by atoms with van der Waals surface area (Å²) in [4.78, 5) is 2.45. The Morgan fingerprint density at radius 1 is 1.24 bits per heavy atom. The fourth-order valence-corrected chi connectivity index (χ4v) is 3.63. The molecule has 1 aliphatic carbocycles. The van der Waals surface area contributed by atoms with Gasteiger partial charge in [-0.3, -0.25) is 4.90 Å². The third kappa shape index (κ3) is 2.39. The number of aryl methyl sites for hydroxylation is 1. The highest BCUT2D eigenvalue weighted by Crippen LogP contribution is 2.41. The van der Waals surface area contributed by atoms with Crippen LogP contribution in [0.3, 0.4) is 0 Å². The Balaban J connectivity index is 1.44. The maximum Gasteiger partial charge on any atom is 0.0645 e. The zero-order valence-electron chi connectivity index (χ0n) is 12.3. The second-order valence-electron chi connectivity index (χ2n) is 6.55. The molecule has 0 spiro atoms. The van der Waals surface area contributed by atoms with Crippen molar-refractivity contribution >= 4 is 0 Å². The molecule has 1 N–H and O–H groups in total. The summed E-state index contributed by atoms with van der Waals surface area (Å²) in [5.41, 5.74) is 3.60. The van der Waals surface area contributed by atoms with Crippen molar-refractivity contribution in [3.05, 3.63) is 47.8 Å². The first-order valence-corrected chi connectivity index (χ1v) is 7.70. The summed E-state index contributed by atoms with van der Waals surface area (Å²) in [5, 5.41) is 14.2. The number of aromatic nitrogens is 2. The average Bonchev–Trinajstić information content (AvgIpc) is 3.05. The second kappa shape index (κ2) is 4.97. The van der Waals surface area contributed by atoms with Crippen LogP contribution < -0.4 is 0 Å². The van der Waals surface area contributed by atoms with Crippen LogP contribution in [-0.2, 0) is 6.54 Å². The Kier molecular flexibility index (Phi) is 3.08. The number of likely N-dealkylation sites (tertiary alicyclic amines) is 1. The summed E-state index contributed by atoms with van der Waals surface area (Å²) >= 11 is 0. The summed E-state index contributed by atoms with van der Waals surface area (Å²) in [7, 11) is 0. The third-order valence-electron chi connectivity index (χ3n) is 4.95. The summed E-state index contributed by atoms with van der Waals surface area (Å²) in [6, 6.07) is 8.41. The van der Waals surface area contributed by atoms with E-state index in [1.807, 2.05) is 10.9 Å². The largest absolute Gasteiger partial charge is 0.393 e. The van der Waals surface area contributed by atoms with Crippen LogP contribution in [0, 0.1) is 18.8 Å². The van der Waals surface area contributed by atoms with Gasteiger partial charge >= 0.3 is 0 Å². The molecule has 1 aromatic carbocycles. The average molecular weight is 283 g/mol. The summed E-state index contributed by atoms with van der Waals surface area (Å²) in [6.07, 6.45) is 5.00. The molecular formula is C17H21N3O. The van der Waals surface area contributed by atoms with Crippen molar-refractivity contribution in [1.82, 2.24) is 14.7 Å². The van der Waals surface area contributed by atoms with Gasteiger partial charge in [0, 0.05) is 37.3 Å². The monoisotopic (exact) mass is 283 g/mol. The second-order valence-corrected chi connectivity index (χ2v) is 6.55. The topological polar surface area (TPSA) is 41.3 Å². The number of fused-ring (bicyclic) bond motifs is 1. The minimum absolute atomic E-state index is 0.0599. The summed E-state index contributed by atoms with van der Waals surface area (Å²) in [6.45, 7) is 5.18. The highest BCUT2D eigenvalue weighted by molar-refractivity contribution is 5.34. The van der Waals surface area contributed by atoms with Crippen LogP contribution in [0.2, 0.25) is 0 Å². The molecule has 4 rings (SSSR count). The van der Waals surface area contributed by atoms with Crippen LogP contribution in [0.15, 0.2) is 36.7 Å². The van der Waals surface area contributed by atoms with E-state index in [1.165, 1.54) is 11.1 Å². The zero-order chi connectivity index (χ0) is 14.4. The van der Waals surface area contributed by atoms with Crippen molar-refractivity contribution in [3.8, 4) is 5.69 Å². The van der Waals surface area contributed by atoms with Crippen LogP contribution in [-0.4, -0.2) is 39.0 Å². The van der Waals surface area contributed by atoms with E-state index in [-0.39, 0.29) is 6.10 Å². The fraction of sp³-hybridized carbons (Fsp3) is 0.471. The predicted octanol–water partition coefficient (Wildman–Crippen LogP) is 1.99. The van der Waals surface area contributed by atoms with Crippen LogP contribution >= 0.6 is 0 Å². The van der Waals surface area contributed by atoms with E-state index in [4.69, 9.17) is 0 Å². The molecule has 21 heavy (non-hydrogen) atoms. The number of benzene rings is 1. The molecule has 110 valence electrons. The van der Waals surface area contributed by atoms with Gasteiger partial charge in [0.05, 0.1) is 18.0 Å². The van der Waals surface area contributed by atoms with Crippen LogP contribution in [0.1, 0.15) is 17.5 Å². The van der Waals surface area contributed by atoms with E-state index in [0.717, 1.165) is 31.7 Å². The van der Waals surface area contributed by atoms with E-state index in [0.29, 0.717) is 11.8 Å². The minimum Gasteiger partial charge on any atom is -0.393 e. The molecule has 0 bridgehead atoms. The first kappa shape index (κ1) is 13.0. The van der Waals surface area contributed by atoms with Gasteiger partial charge in [0.15, 0.2) is 0 Å². The summed E-state index contributed by atoms with van der Waals surface area (Å²) in [5.74, 6) is 1.23. The highest BCUT2D eigenvalue weighted by Gasteiger charge is 2.45.